The zero-order valence-electron chi connectivity index (χ0n) is 17.0. The summed E-state index contributed by atoms with van der Waals surface area (Å²) in [6.07, 6.45) is -4.26. The molecule has 0 aliphatic carbocycles. The molecule has 1 aromatic carbocycles. The number of aromatic amines is 1. The number of alkyl halides is 3. The average molecular weight is 458 g/mol. The summed E-state index contributed by atoms with van der Waals surface area (Å²) in [4.78, 5) is 34.8. The maximum Gasteiger partial charge on any atom is 0.490 e. The molecule has 2 aromatic rings. The smallest absolute Gasteiger partial charge is 0.490 e. The summed E-state index contributed by atoms with van der Waals surface area (Å²) in [5.41, 5.74) is -0.474. The van der Waals surface area contributed by atoms with Crippen LogP contribution in [0.3, 0.4) is 0 Å². The van der Waals surface area contributed by atoms with Crippen LogP contribution in [0.2, 0.25) is 0 Å². The van der Waals surface area contributed by atoms with Gasteiger partial charge in [0.15, 0.2) is 5.82 Å². The third kappa shape index (κ3) is 5.34. The molecule has 3 heterocycles. The number of hydrogen-bond donors (Lipinski definition) is 2. The van der Waals surface area contributed by atoms with E-state index in [-0.39, 0.29) is 6.61 Å². The van der Waals surface area contributed by atoms with E-state index in [0.29, 0.717) is 12.4 Å². The fourth-order valence-electron chi connectivity index (χ4n) is 3.59. The number of hydrogen-bond acceptors (Lipinski definition) is 7. The molecule has 4 rings (SSSR count). The summed E-state index contributed by atoms with van der Waals surface area (Å²) in [5, 5.41) is 13.3. The number of aliphatic carboxylic acids is 1. The number of ether oxygens (including phenoxy) is 2. The lowest BCUT2D eigenvalue weighted by atomic mass is 10.0. The third-order valence-corrected chi connectivity index (χ3v) is 5.19. The van der Waals surface area contributed by atoms with Gasteiger partial charge in [-0.3, -0.25) is 19.1 Å². The fraction of sp³-hybridized carbons (Fsp3) is 0.474. The number of fused-ring (bicyclic) bond motifs is 1. The Hall–Kier alpha value is -3.19. The van der Waals surface area contributed by atoms with E-state index >= 15 is 0 Å². The number of carboxylic acid groups (broad SMARTS) is 1. The van der Waals surface area contributed by atoms with Crippen molar-refractivity contribution in [3.8, 4) is 5.75 Å². The number of nitrogens with zero attached hydrogens (tertiary/aromatic N) is 3. The molecule has 10 nitrogen and oxygen atoms in total. The van der Waals surface area contributed by atoms with Crippen molar-refractivity contribution < 1.29 is 32.5 Å². The Bertz CT molecular complexity index is 1080. The fourth-order valence-corrected chi connectivity index (χ4v) is 3.59. The van der Waals surface area contributed by atoms with Gasteiger partial charge in [-0.05, 0) is 24.1 Å². The number of carbonyl (C=O) groups is 1. The summed E-state index contributed by atoms with van der Waals surface area (Å²) in [7, 11) is 1.65. The van der Waals surface area contributed by atoms with Crippen LogP contribution < -0.4 is 15.9 Å². The SMILES string of the molecule is COc1ccc(CN2CCC3(C2)Cn2c(n[nH]c(=O)c2=O)CO3)cc1.O=C(O)C(F)(F)F. The predicted molar refractivity (Wildman–Crippen MR) is 103 cm³/mol. The van der Waals surface area contributed by atoms with Crippen LogP contribution in [0.15, 0.2) is 33.9 Å². The second kappa shape index (κ2) is 9.12. The molecule has 2 aliphatic heterocycles. The zero-order valence-corrected chi connectivity index (χ0v) is 17.0. The van der Waals surface area contributed by atoms with Crippen LogP contribution in [0, 0.1) is 0 Å². The average Bonchev–Trinajstić information content (AvgIpc) is 3.13. The standard InChI is InChI=1S/C17H20N4O4.C2HF3O2/c1-24-13-4-2-12(3-5-13)8-20-7-6-17(10-20)11-21-14(9-25-17)18-19-15(22)16(21)23;3-2(4,5)1(6)7/h2-5H,6-11H2,1H3,(H,19,22);(H,6,7). The maximum atomic E-state index is 12.1. The molecule has 32 heavy (non-hydrogen) atoms. The van der Waals surface area contributed by atoms with Crippen LogP contribution in [-0.4, -0.2) is 62.7 Å². The van der Waals surface area contributed by atoms with Gasteiger partial charge < -0.3 is 14.6 Å². The molecule has 1 unspecified atom stereocenters. The number of halogens is 3. The van der Waals surface area contributed by atoms with E-state index < -0.39 is 28.9 Å². The first-order chi connectivity index (χ1) is 15.0. The molecule has 1 fully saturated rings. The molecule has 1 atom stereocenters. The lowest BCUT2D eigenvalue weighted by Gasteiger charge is -2.34. The second-order valence-electron chi connectivity index (χ2n) is 7.44. The van der Waals surface area contributed by atoms with E-state index in [1.165, 1.54) is 10.1 Å². The van der Waals surface area contributed by atoms with Crippen LogP contribution in [-0.2, 0) is 29.2 Å². The van der Waals surface area contributed by atoms with E-state index in [9.17, 15) is 22.8 Å². The minimum atomic E-state index is -5.08. The summed E-state index contributed by atoms with van der Waals surface area (Å²) in [6, 6.07) is 8.00. The van der Waals surface area contributed by atoms with Gasteiger partial charge in [-0.15, -0.1) is 0 Å². The van der Waals surface area contributed by atoms with Gasteiger partial charge in [0.2, 0.25) is 0 Å². The lowest BCUT2D eigenvalue weighted by molar-refractivity contribution is -0.192. The van der Waals surface area contributed by atoms with Gasteiger partial charge in [-0.2, -0.15) is 18.3 Å². The zero-order chi connectivity index (χ0) is 23.5. The summed E-state index contributed by atoms with van der Waals surface area (Å²) in [6.45, 7) is 3.02. The van der Waals surface area contributed by atoms with Gasteiger partial charge in [0.05, 0.1) is 13.7 Å². The first-order valence-electron chi connectivity index (χ1n) is 9.51. The molecule has 0 radical (unpaired) electrons. The first-order valence-corrected chi connectivity index (χ1v) is 9.51. The lowest BCUT2D eigenvalue weighted by Crippen LogP contribution is -2.51. The van der Waals surface area contributed by atoms with Gasteiger partial charge in [0.25, 0.3) is 0 Å². The molecular formula is C19H21F3N4O6. The van der Waals surface area contributed by atoms with Crippen molar-refractivity contribution in [2.75, 3.05) is 20.2 Å². The van der Waals surface area contributed by atoms with Crippen molar-refractivity contribution in [2.24, 2.45) is 0 Å². The second-order valence-corrected chi connectivity index (χ2v) is 7.44. The molecular weight excluding hydrogens is 437 g/mol. The van der Waals surface area contributed by atoms with Crippen LogP contribution in [0.5, 0.6) is 5.75 Å². The number of nitrogens with one attached hydrogen (secondary N) is 1. The highest BCUT2D eigenvalue weighted by atomic mass is 19.4. The van der Waals surface area contributed by atoms with Gasteiger partial charge >= 0.3 is 23.3 Å². The van der Waals surface area contributed by atoms with E-state index in [1.54, 1.807) is 7.11 Å². The Kier molecular flexibility index (Phi) is 6.69. The molecule has 2 aliphatic rings. The van der Waals surface area contributed by atoms with Gasteiger partial charge in [-0.25, -0.2) is 9.89 Å². The van der Waals surface area contributed by atoms with E-state index in [0.717, 1.165) is 31.8 Å². The molecule has 1 spiro atoms. The van der Waals surface area contributed by atoms with Crippen LogP contribution >= 0.6 is 0 Å². The Labute approximate surface area is 179 Å². The number of carboxylic acids is 1. The van der Waals surface area contributed by atoms with E-state index in [2.05, 4.69) is 27.2 Å². The molecule has 2 N–H and O–H groups in total. The van der Waals surface area contributed by atoms with Crippen molar-refractivity contribution in [3.63, 3.8) is 0 Å². The normalized spacial score (nSPS) is 20.4. The quantitative estimate of drug-likeness (QED) is 0.646. The molecule has 1 aromatic heterocycles. The molecule has 0 bridgehead atoms. The highest BCUT2D eigenvalue weighted by molar-refractivity contribution is 5.73. The van der Waals surface area contributed by atoms with Crippen LogP contribution in [0.1, 0.15) is 17.8 Å². The number of H-pyrrole nitrogens is 1. The van der Waals surface area contributed by atoms with Crippen molar-refractivity contribution in [1.82, 2.24) is 19.7 Å². The van der Waals surface area contributed by atoms with E-state index in [4.69, 9.17) is 19.4 Å². The predicted octanol–water partition coefficient (Wildman–Crippen LogP) is 0.748. The van der Waals surface area contributed by atoms with E-state index in [1.807, 2.05) is 12.1 Å². The summed E-state index contributed by atoms with van der Waals surface area (Å²) >= 11 is 0. The molecule has 0 amide bonds. The molecule has 1 saturated heterocycles. The van der Waals surface area contributed by atoms with Crippen molar-refractivity contribution in [2.45, 2.75) is 37.9 Å². The Morgan fingerprint density at radius 2 is 1.94 bits per heavy atom. The molecule has 13 heteroatoms. The van der Waals surface area contributed by atoms with Crippen molar-refractivity contribution in [1.29, 1.82) is 0 Å². The number of rotatable bonds is 3. The Balaban J connectivity index is 0.000000360. The first kappa shape index (κ1) is 23.5. The Morgan fingerprint density at radius 3 is 2.53 bits per heavy atom. The van der Waals surface area contributed by atoms with Crippen LogP contribution in [0.4, 0.5) is 13.2 Å². The maximum absolute atomic E-state index is 12.1. The van der Waals surface area contributed by atoms with Gasteiger partial charge in [0, 0.05) is 19.6 Å². The molecule has 0 saturated carbocycles. The highest BCUT2D eigenvalue weighted by Gasteiger charge is 2.43. The minimum Gasteiger partial charge on any atom is -0.497 e. The molecule has 174 valence electrons. The summed E-state index contributed by atoms with van der Waals surface area (Å²) < 4.78 is 44.4. The number of likely N-dealkylation sites (tertiary alicyclic amines) is 1. The topological polar surface area (TPSA) is 127 Å². The summed E-state index contributed by atoms with van der Waals surface area (Å²) in [5.74, 6) is -1.44. The number of aromatic nitrogens is 3. The largest absolute Gasteiger partial charge is 0.497 e. The van der Waals surface area contributed by atoms with Gasteiger partial charge in [-0.1, -0.05) is 12.1 Å². The minimum absolute atomic E-state index is 0.238. The van der Waals surface area contributed by atoms with Crippen LogP contribution in [0.25, 0.3) is 0 Å². The third-order valence-electron chi connectivity index (χ3n) is 5.19. The monoisotopic (exact) mass is 458 g/mol. The number of benzene rings is 1. The van der Waals surface area contributed by atoms with Crippen molar-refractivity contribution >= 4 is 5.97 Å². The highest BCUT2D eigenvalue weighted by Crippen LogP contribution is 2.31. The number of methoxy groups -OCH3 is 1. The van der Waals surface area contributed by atoms with Crippen molar-refractivity contribution in [3.05, 3.63) is 56.4 Å². The Morgan fingerprint density at radius 1 is 1.28 bits per heavy atom. The van der Waals surface area contributed by atoms with Gasteiger partial charge in [0.1, 0.15) is 18.0 Å².